The molecule has 2 aromatic rings. The van der Waals surface area contributed by atoms with Gasteiger partial charge in [-0.2, -0.15) is 0 Å². The summed E-state index contributed by atoms with van der Waals surface area (Å²) < 4.78 is 1.09. The zero-order valence-corrected chi connectivity index (χ0v) is 14.8. The molecule has 5 heteroatoms. The van der Waals surface area contributed by atoms with Gasteiger partial charge in [0.25, 0.3) is 0 Å². The molecule has 0 aliphatic rings. The van der Waals surface area contributed by atoms with Crippen molar-refractivity contribution in [1.29, 1.82) is 0 Å². The maximum Gasteiger partial charge on any atom is 0.0455 e. The fraction of sp³-hybridized carbons (Fsp3) is 0.200. The Kier molecular flexibility index (Phi) is 6.24. The average molecular weight is 391 g/mol. The fourth-order valence-electron chi connectivity index (χ4n) is 1.82. The van der Waals surface area contributed by atoms with Crippen LogP contribution in [0.5, 0.6) is 0 Å². The van der Waals surface area contributed by atoms with E-state index in [9.17, 15) is 0 Å². The third-order valence-corrected chi connectivity index (χ3v) is 5.13. The van der Waals surface area contributed by atoms with E-state index < -0.39 is 0 Å². The zero-order chi connectivity index (χ0) is 14.5. The van der Waals surface area contributed by atoms with E-state index in [4.69, 9.17) is 23.2 Å². The first kappa shape index (κ1) is 16.2. The number of rotatable bonds is 5. The summed E-state index contributed by atoms with van der Waals surface area (Å²) >= 11 is 17.5. The molecule has 1 unspecified atom stereocenters. The minimum absolute atomic E-state index is 0.162. The van der Waals surface area contributed by atoms with Crippen LogP contribution in [0.15, 0.2) is 51.8 Å². The van der Waals surface area contributed by atoms with Crippen molar-refractivity contribution in [3.05, 3.63) is 62.5 Å². The van der Waals surface area contributed by atoms with E-state index in [0.717, 1.165) is 20.8 Å². The lowest BCUT2D eigenvalue weighted by Crippen LogP contribution is -2.19. The van der Waals surface area contributed by atoms with Crippen molar-refractivity contribution in [2.75, 3.05) is 12.8 Å². The molecule has 20 heavy (non-hydrogen) atoms. The Morgan fingerprint density at radius 2 is 1.85 bits per heavy atom. The highest BCUT2D eigenvalue weighted by Gasteiger charge is 2.14. The van der Waals surface area contributed by atoms with Crippen LogP contribution in [0.3, 0.4) is 0 Å². The van der Waals surface area contributed by atoms with Crippen molar-refractivity contribution >= 4 is 50.9 Å². The molecule has 0 spiro atoms. The molecule has 0 fully saturated rings. The lowest BCUT2D eigenvalue weighted by atomic mass is 10.1. The van der Waals surface area contributed by atoms with Crippen molar-refractivity contribution in [1.82, 2.24) is 5.32 Å². The van der Waals surface area contributed by atoms with Gasteiger partial charge in [-0.3, -0.25) is 0 Å². The van der Waals surface area contributed by atoms with Crippen LogP contribution in [0.1, 0.15) is 11.6 Å². The van der Waals surface area contributed by atoms with E-state index in [1.54, 1.807) is 11.8 Å². The highest BCUT2D eigenvalue weighted by molar-refractivity contribution is 9.10. The second kappa shape index (κ2) is 7.71. The Balaban J connectivity index is 2.09. The molecule has 0 amide bonds. The van der Waals surface area contributed by atoms with Crippen molar-refractivity contribution in [3.8, 4) is 0 Å². The molecule has 2 aromatic carbocycles. The molecular weight excluding hydrogens is 377 g/mol. The van der Waals surface area contributed by atoms with Crippen LogP contribution in [0.4, 0.5) is 0 Å². The Bertz CT molecular complexity index is 575. The summed E-state index contributed by atoms with van der Waals surface area (Å²) in [5, 5.41) is 4.74. The van der Waals surface area contributed by atoms with Gasteiger partial charge in [0, 0.05) is 31.2 Å². The third kappa shape index (κ3) is 4.40. The molecule has 1 atom stereocenters. The predicted octanol–water partition coefficient (Wildman–Crippen LogP) is 5.81. The van der Waals surface area contributed by atoms with Gasteiger partial charge in [-0.15, -0.1) is 11.8 Å². The Morgan fingerprint density at radius 3 is 2.50 bits per heavy atom. The minimum atomic E-state index is 0.162. The van der Waals surface area contributed by atoms with Gasteiger partial charge in [-0.1, -0.05) is 39.1 Å². The highest BCUT2D eigenvalue weighted by atomic mass is 79.9. The lowest BCUT2D eigenvalue weighted by molar-refractivity contribution is 0.662. The van der Waals surface area contributed by atoms with Gasteiger partial charge in [0.15, 0.2) is 0 Å². The molecule has 0 saturated carbocycles. The maximum atomic E-state index is 6.26. The zero-order valence-electron chi connectivity index (χ0n) is 10.9. The van der Waals surface area contributed by atoms with Crippen LogP contribution < -0.4 is 5.32 Å². The third-order valence-electron chi connectivity index (χ3n) is 2.91. The molecule has 1 nitrogen and oxygen atoms in total. The van der Waals surface area contributed by atoms with Crippen LogP contribution in [0.2, 0.25) is 10.0 Å². The average Bonchev–Trinajstić information content (AvgIpc) is 2.45. The van der Waals surface area contributed by atoms with E-state index in [1.165, 1.54) is 4.90 Å². The van der Waals surface area contributed by atoms with Gasteiger partial charge in [0.1, 0.15) is 0 Å². The standard InChI is InChI=1S/C15H14BrCl2NS/c1-19-15(13-8-11(17)4-7-14(13)18)9-20-12-5-2-10(16)3-6-12/h2-8,15,19H,9H2,1H3. The largest absolute Gasteiger partial charge is 0.312 e. The van der Waals surface area contributed by atoms with E-state index in [2.05, 4.69) is 33.4 Å². The van der Waals surface area contributed by atoms with E-state index in [-0.39, 0.29) is 6.04 Å². The smallest absolute Gasteiger partial charge is 0.0455 e. The van der Waals surface area contributed by atoms with Gasteiger partial charge in [0.2, 0.25) is 0 Å². The monoisotopic (exact) mass is 389 g/mol. The molecule has 0 heterocycles. The summed E-state index contributed by atoms with van der Waals surface area (Å²) in [6.45, 7) is 0. The molecule has 0 radical (unpaired) electrons. The van der Waals surface area contributed by atoms with Gasteiger partial charge in [-0.25, -0.2) is 0 Å². The van der Waals surface area contributed by atoms with Gasteiger partial charge in [-0.05, 0) is 55.1 Å². The van der Waals surface area contributed by atoms with Crippen LogP contribution in [-0.2, 0) is 0 Å². The second-order valence-corrected chi connectivity index (χ2v) is 7.12. The number of halogens is 3. The maximum absolute atomic E-state index is 6.26. The lowest BCUT2D eigenvalue weighted by Gasteiger charge is -2.18. The Morgan fingerprint density at radius 1 is 1.15 bits per heavy atom. The summed E-state index contributed by atoms with van der Waals surface area (Å²) in [5.41, 5.74) is 1.03. The van der Waals surface area contributed by atoms with Crippen molar-refractivity contribution in [2.45, 2.75) is 10.9 Å². The molecule has 106 valence electrons. The van der Waals surface area contributed by atoms with E-state index >= 15 is 0 Å². The molecular formula is C15H14BrCl2NS. The Hall–Kier alpha value is -0.190. The second-order valence-electron chi connectivity index (χ2n) is 4.27. The van der Waals surface area contributed by atoms with Crippen LogP contribution >= 0.6 is 50.9 Å². The number of hydrogen-bond acceptors (Lipinski definition) is 2. The van der Waals surface area contributed by atoms with E-state index in [0.29, 0.717) is 5.02 Å². The highest BCUT2D eigenvalue weighted by Crippen LogP contribution is 2.31. The Labute approximate surface area is 142 Å². The number of hydrogen-bond donors (Lipinski definition) is 1. The molecule has 1 N–H and O–H groups in total. The molecule has 0 bridgehead atoms. The van der Waals surface area contributed by atoms with Crippen molar-refractivity contribution < 1.29 is 0 Å². The predicted molar refractivity (Wildman–Crippen MR) is 93.1 cm³/mol. The summed E-state index contributed by atoms with van der Waals surface area (Å²) in [5.74, 6) is 0.887. The molecule has 0 aliphatic carbocycles. The van der Waals surface area contributed by atoms with Crippen LogP contribution in [0, 0.1) is 0 Å². The topological polar surface area (TPSA) is 12.0 Å². The normalized spacial score (nSPS) is 12.4. The SMILES string of the molecule is CNC(CSc1ccc(Br)cc1)c1cc(Cl)ccc1Cl. The van der Waals surface area contributed by atoms with Gasteiger partial charge < -0.3 is 5.32 Å². The van der Waals surface area contributed by atoms with Crippen molar-refractivity contribution in [2.24, 2.45) is 0 Å². The summed E-state index contributed by atoms with van der Waals surface area (Å²) in [6.07, 6.45) is 0. The number of benzene rings is 2. The molecule has 0 aromatic heterocycles. The van der Waals surface area contributed by atoms with E-state index in [1.807, 2.05) is 37.4 Å². The minimum Gasteiger partial charge on any atom is -0.312 e. The summed E-state index contributed by atoms with van der Waals surface area (Å²) in [6, 6.07) is 14.0. The quantitative estimate of drug-likeness (QED) is 0.646. The summed E-state index contributed by atoms with van der Waals surface area (Å²) in [4.78, 5) is 1.23. The molecule has 0 aliphatic heterocycles. The fourth-order valence-corrected chi connectivity index (χ4v) is 3.55. The first-order chi connectivity index (χ1) is 9.60. The molecule has 2 rings (SSSR count). The molecule has 0 saturated heterocycles. The van der Waals surface area contributed by atoms with Crippen LogP contribution in [0.25, 0.3) is 0 Å². The summed E-state index contributed by atoms with van der Waals surface area (Å²) in [7, 11) is 1.93. The number of nitrogens with one attached hydrogen (secondary N) is 1. The van der Waals surface area contributed by atoms with Crippen LogP contribution in [-0.4, -0.2) is 12.8 Å². The van der Waals surface area contributed by atoms with Crippen molar-refractivity contribution in [3.63, 3.8) is 0 Å². The number of thioether (sulfide) groups is 1. The first-order valence-corrected chi connectivity index (χ1v) is 8.64. The van der Waals surface area contributed by atoms with Gasteiger partial charge >= 0.3 is 0 Å². The van der Waals surface area contributed by atoms with Gasteiger partial charge in [0.05, 0.1) is 0 Å². The first-order valence-electron chi connectivity index (χ1n) is 6.10.